The van der Waals surface area contributed by atoms with Crippen LogP contribution in [0, 0.1) is 0 Å². The van der Waals surface area contributed by atoms with E-state index in [1.165, 1.54) is 32.1 Å². The van der Waals surface area contributed by atoms with E-state index in [-0.39, 0.29) is 0 Å². The van der Waals surface area contributed by atoms with Gasteiger partial charge in [0.15, 0.2) is 0 Å². The Labute approximate surface area is 158 Å². The molecule has 0 radical (unpaired) electrons. The number of hydrogen-bond donors (Lipinski definition) is 1. The van der Waals surface area contributed by atoms with Gasteiger partial charge in [0.1, 0.15) is 18.1 Å². The quantitative estimate of drug-likeness (QED) is 0.470. The van der Waals surface area contributed by atoms with Crippen LogP contribution in [0.1, 0.15) is 69.6 Å². The summed E-state index contributed by atoms with van der Waals surface area (Å²) in [6.07, 6.45) is 7.21. The molecule has 142 valence electrons. The van der Waals surface area contributed by atoms with Crippen molar-refractivity contribution in [2.24, 2.45) is 0 Å². The van der Waals surface area contributed by atoms with Crippen LogP contribution < -0.4 is 9.47 Å². The molecule has 0 saturated carbocycles. The van der Waals surface area contributed by atoms with E-state index >= 15 is 0 Å². The van der Waals surface area contributed by atoms with E-state index in [9.17, 15) is 5.11 Å². The molecule has 0 bridgehead atoms. The summed E-state index contributed by atoms with van der Waals surface area (Å²) in [5.41, 5.74) is 2.00. The van der Waals surface area contributed by atoms with Crippen LogP contribution in [0.25, 0.3) is 0 Å². The molecule has 0 heterocycles. The first-order valence-electron chi connectivity index (χ1n) is 9.81. The van der Waals surface area contributed by atoms with Gasteiger partial charge >= 0.3 is 0 Å². The molecule has 0 fully saturated rings. The lowest BCUT2D eigenvalue weighted by Crippen LogP contribution is -1.99. The van der Waals surface area contributed by atoms with Gasteiger partial charge in [-0.3, -0.25) is 0 Å². The monoisotopic (exact) mass is 356 g/mol. The lowest BCUT2D eigenvalue weighted by Gasteiger charge is -2.10. The lowest BCUT2D eigenvalue weighted by atomic mass is 10.1. The molecule has 0 aliphatic heterocycles. The van der Waals surface area contributed by atoms with E-state index in [1.54, 1.807) is 6.92 Å². The zero-order chi connectivity index (χ0) is 18.6. The highest BCUT2D eigenvalue weighted by molar-refractivity contribution is 5.30. The molecule has 0 spiro atoms. The summed E-state index contributed by atoms with van der Waals surface area (Å²) < 4.78 is 11.6. The van der Waals surface area contributed by atoms with Gasteiger partial charge in [-0.15, -0.1) is 0 Å². The fraction of sp³-hybridized carbons (Fsp3) is 0.478. The Balaban J connectivity index is 1.67. The third-order valence-corrected chi connectivity index (χ3v) is 4.46. The Morgan fingerprint density at radius 3 is 2.00 bits per heavy atom. The highest BCUT2D eigenvalue weighted by Gasteiger charge is 2.02. The second-order valence-electron chi connectivity index (χ2n) is 6.79. The van der Waals surface area contributed by atoms with Crippen LogP contribution in [-0.2, 0) is 6.61 Å². The molecule has 0 aliphatic carbocycles. The molecule has 2 rings (SSSR count). The molecule has 2 aromatic rings. The third kappa shape index (κ3) is 7.49. The Morgan fingerprint density at radius 2 is 1.35 bits per heavy atom. The van der Waals surface area contributed by atoms with Gasteiger partial charge in [0.2, 0.25) is 0 Å². The first kappa shape index (κ1) is 20.3. The maximum absolute atomic E-state index is 9.52. The van der Waals surface area contributed by atoms with Gasteiger partial charge in [-0.05, 0) is 48.7 Å². The van der Waals surface area contributed by atoms with Crippen LogP contribution in [0.15, 0.2) is 48.5 Å². The average molecular weight is 357 g/mol. The van der Waals surface area contributed by atoms with Gasteiger partial charge < -0.3 is 14.6 Å². The largest absolute Gasteiger partial charge is 0.494 e. The fourth-order valence-electron chi connectivity index (χ4n) is 2.76. The van der Waals surface area contributed by atoms with Crippen molar-refractivity contribution in [2.75, 3.05) is 6.61 Å². The number of ether oxygens (including phenoxy) is 2. The van der Waals surface area contributed by atoms with Crippen molar-refractivity contribution in [1.82, 2.24) is 0 Å². The van der Waals surface area contributed by atoms with Crippen molar-refractivity contribution in [2.45, 2.75) is 65.1 Å². The standard InChI is InChI=1S/C23H32O3/c1-3-4-5-6-7-8-17-25-22-13-9-20(10-14-22)18-26-23-15-11-21(12-16-23)19(2)24/h9-16,19,24H,3-8,17-18H2,1-2H3. The number of benzene rings is 2. The number of rotatable bonds is 12. The molecule has 1 N–H and O–H groups in total. The van der Waals surface area contributed by atoms with Crippen LogP contribution in [-0.4, -0.2) is 11.7 Å². The van der Waals surface area contributed by atoms with Gasteiger partial charge in [-0.25, -0.2) is 0 Å². The molecular formula is C23H32O3. The topological polar surface area (TPSA) is 38.7 Å². The molecule has 1 unspecified atom stereocenters. The van der Waals surface area contributed by atoms with Gasteiger partial charge in [0.25, 0.3) is 0 Å². The summed E-state index contributed by atoms with van der Waals surface area (Å²) in [6.45, 7) is 5.31. The van der Waals surface area contributed by atoms with Crippen LogP contribution in [0.4, 0.5) is 0 Å². The van der Waals surface area contributed by atoms with Crippen molar-refractivity contribution in [3.8, 4) is 11.5 Å². The zero-order valence-corrected chi connectivity index (χ0v) is 16.1. The lowest BCUT2D eigenvalue weighted by molar-refractivity contribution is 0.199. The molecule has 0 saturated heterocycles. The number of hydrogen-bond acceptors (Lipinski definition) is 3. The minimum absolute atomic E-state index is 0.451. The van der Waals surface area contributed by atoms with Gasteiger partial charge in [-0.2, -0.15) is 0 Å². The Bertz CT molecular complexity index is 602. The minimum atomic E-state index is -0.451. The first-order chi connectivity index (χ1) is 12.7. The summed E-state index contributed by atoms with van der Waals surface area (Å²) >= 11 is 0. The second kappa shape index (κ2) is 11.6. The van der Waals surface area contributed by atoms with E-state index in [2.05, 4.69) is 6.92 Å². The van der Waals surface area contributed by atoms with E-state index in [4.69, 9.17) is 9.47 Å². The second-order valence-corrected chi connectivity index (χ2v) is 6.79. The predicted molar refractivity (Wildman–Crippen MR) is 107 cm³/mol. The first-order valence-corrected chi connectivity index (χ1v) is 9.81. The zero-order valence-electron chi connectivity index (χ0n) is 16.1. The normalized spacial score (nSPS) is 12.0. The highest BCUT2D eigenvalue weighted by Crippen LogP contribution is 2.19. The molecule has 2 aromatic carbocycles. The van der Waals surface area contributed by atoms with Gasteiger partial charge in [0, 0.05) is 0 Å². The van der Waals surface area contributed by atoms with E-state index in [0.29, 0.717) is 6.61 Å². The molecule has 26 heavy (non-hydrogen) atoms. The molecule has 1 atom stereocenters. The van der Waals surface area contributed by atoms with E-state index in [0.717, 1.165) is 35.7 Å². The summed E-state index contributed by atoms with van der Waals surface area (Å²) in [6, 6.07) is 15.7. The van der Waals surface area contributed by atoms with Crippen molar-refractivity contribution >= 4 is 0 Å². The number of aliphatic hydroxyl groups excluding tert-OH is 1. The molecule has 3 nitrogen and oxygen atoms in total. The minimum Gasteiger partial charge on any atom is -0.494 e. The predicted octanol–water partition coefficient (Wildman–Crippen LogP) is 6.06. The van der Waals surface area contributed by atoms with E-state index in [1.807, 2.05) is 48.5 Å². The van der Waals surface area contributed by atoms with Crippen LogP contribution in [0.3, 0.4) is 0 Å². The van der Waals surface area contributed by atoms with Gasteiger partial charge in [0.05, 0.1) is 12.7 Å². The summed E-state index contributed by atoms with van der Waals surface area (Å²) in [5, 5.41) is 9.52. The van der Waals surface area contributed by atoms with Crippen LogP contribution in [0.5, 0.6) is 11.5 Å². The molecule has 0 amide bonds. The smallest absolute Gasteiger partial charge is 0.119 e. The summed E-state index contributed by atoms with van der Waals surface area (Å²) in [5.74, 6) is 1.72. The van der Waals surface area contributed by atoms with Crippen LogP contribution >= 0.6 is 0 Å². The fourth-order valence-corrected chi connectivity index (χ4v) is 2.76. The Kier molecular flexibility index (Phi) is 9.05. The molecule has 0 aliphatic rings. The van der Waals surface area contributed by atoms with Crippen molar-refractivity contribution in [3.05, 3.63) is 59.7 Å². The third-order valence-electron chi connectivity index (χ3n) is 4.46. The highest BCUT2D eigenvalue weighted by atomic mass is 16.5. The number of unbranched alkanes of at least 4 members (excludes halogenated alkanes) is 5. The SMILES string of the molecule is CCCCCCCCOc1ccc(COc2ccc(C(C)O)cc2)cc1. The average Bonchev–Trinajstić information content (AvgIpc) is 2.67. The van der Waals surface area contributed by atoms with Crippen molar-refractivity contribution in [1.29, 1.82) is 0 Å². The molecule has 3 heteroatoms. The Morgan fingerprint density at radius 1 is 0.769 bits per heavy atom. The maximum atomic E-state index is 9.52. The van der Waals surface area contributed by atoms with Crippen LogP contribution in [0.2, 0.25) is 0 Å². The van der Waals surface area contributed by atoms with Crippen molar-refractivity contribution < 1.29 is 14.6 Å². The summed E-state index contributed by atoms with van der Waals surface area (Å²) in [7, 11) is 0. The summed E-state index contributed by atoms with van der Waals surface area (Å²) in [4.78, 5) is 0. The Hall–Kier alpha value is -2.00. The van der Waals surface area contributed by atoms with Gasteiger partial charge in [-0.1, -0.05) is 63.3 Å². The molecular weight excluding hydrogens is 324 g/mol. The van der Waals surface area contributed by atoms with E-state index < -0.39 is 6.10 Å². The number of aliphatic hydroxyl groups is 1. The maximum Gasteiger partial charge on any atom is 0.119 e. The molecule has 0 aromatic heterocycles. The van der Waals surface area contributed by atoms with Crippen molar-refractivity contribution in [3.63, 3.8) is 0 Å².